The fourth-order valence-corrected chi connectivity index (χ4v) is 2.61. The molecule has 1 aliphatic rings. The topological polar surface area (TPSA) is 59.2 Å². The molecule has 0 spiro atoms. The molecule has 2 heterocycles. The number of alkyl halides is 3. The summed E-state index contributed by atoms with van der Waals surface area (Å²) in [6.45, 7) is 0.0676. The Hall–Kier alpha value is -2.38. The third-order valence-electron chi connectivity index (χ3n) is 3.85. The highest BCUT2D eigenvalue weighted by Gasteiger charge is 2.43. The summed E-state index contributed by atoms with van der Waals surface area (Å²) in [7, 11) is 0. The van der Waals surface area contributed by atoms with Crippen LogP contribution >= 0.6 is 0 Å². The zero-order valence-corrected chi connectivity index (χ0v) is 12.1. The number of hydrogen-bond acceptors (Lipinski definition) is 4. The van der Waals surface area contributed by atoms with Crippen LogP contribution in [0.15, 0.2) is 34.9 Å². The number of carbonyl (C=O) groups excluding carboxylic acids is 1. The largest absolute Gasteiger partial charge is 0.471 e. The molecule has 8 heteroatoms. The van der Waals surface area contributed by atoms with E-state index in [0.717, 1.165) is 10.5 Å². The van der Waals surface area contributed by atoms with Crippen molar-refractivity contribution in [2.75, 3.05) is 13.1 Å². The van der Waals surface area contributed by atoms with Gasteiger partial charge >= 0.3 is 12.1 Å². The summed E-state index contributed by atoms with van der Waals surface area (Å²) in [5.41, 5.74) is 0.812. The van der Waals surface area contributed by atoms with Gasteiger partial charge in [-0.15, -0.1) is 0 Å². The smallest absolute Gasteiger partial charge is 0.339 e. The predicted molar refractivity (Wildman–Crippen MR) is 74.3 cm³/mol. The first kappa shape index (κ1) is 15.5. The van der Waals surface area contributed by atoms with Gasteiger partial charge in [-0.05, 0) is 12.8 Å². The number of aromatic nitrogens is 2. The second-order valence-corrected chi connectivity index (χ2v) is 5.39. The first-order chi connectivity index (χ1) is 10.9. The lowest BCUT2D eigenvalue weighted by molar-refractivity contribution is -0.186. The Morgan fingerprint density at radius 3 is 2.43 bits per heavy atom. The van der Waals surface area contributed by atoms with Crippen molar-refractivity contribution in [2.24, 2.45) is 0 Å². The van der Waals surface area contributed by atoms with E-state index in [1.54, 1.807) is 0 Å². The SMILES string of the molecule is O=C(N1CCC(c2nc(-c3ccccc3)no2)CC1)C(F)(F)F. The van der Waals surface area contributed by atoms with Crippen LogP contribution in [-0.4, -0.2) is 40.2 Å². The summed E-state index contributed by atoms with van der Waals surface area (Å²) in [5.74, 6) is -1.05. The van der Waals surface area contributed by atoms with Gasteiger partial charge in [-0.25, -0.2) is 0 Å². The molecule has 0 saturated carbocycles. The maximum atomic E-state index is 12.4. The first-order valence-corrected chi connectivity index (χ1v) is 7.20. The highest BCUT2D eigenvalue weighted by molar-refractivity contribution is 5.81. The molecule has 23 heavy (non-hydrogen) atoms. The minimum atomic E-state index is -4.82. The van der Waals surface area contributed by atoms with Gasteiger partial charge in [0.05, 0.1) is 0 Å². The molecule has 3 rings (SSSR count). The van der Waals surface area contributed by atoms with Crippen molar-refractivity contribution in [2.45, 2.75) is 24.9 Å². The second-order valence-electron chi connectivity index (χ2n) is 5.39. The number of benzene rings is 1. The normalized spacial score (nSPS) is 16.6. The van der Waals surface area contributed by atoms with Crippen molar-refractivity contribution in [1.29, 1.82) is 0 Å². The Morgan fingerprint density at radius 1 is 1.17 bits per heavy atom. The molecule has 122 valence electrons. The van der Waals surface area contributed by atoms with E-state index < -0.39 is 12.1 Å². The van der Waals surface area contributed by atoms with E-state index >= 15 is 0 Å². The molecule has 5 nitrogen and oxygen atoms in total. The van der Waals surface area contributed by atoms with Gasteiger partial charge in [0.2, 0.25) is 11.7 Å². The first-order valence-electron chi connectivity index (χ1n) is 7.20. The van der Waals surface area contributed by atoms with Crippen molar-refractivity contribution >= 4 is 5.91 Å². The molecule has 1 aromatic heterocycles. The molecule has 0 radical (unpaired) electrons. The lowest BCUT2D eigenvalue weighted by Crippen LogP contribution is -2.45. The van der Waals surface area contributed by atoms with Gasteiger partial charge in [0.1, 0.15) is 0 Å². The zero-order chi connectivity index (χ0) is 16.4. The van der Waals surface area contributed by atoms with Crippen LogP contribution in [0.4, 0.5) is 13.2 Å². The van der Waals surface area contributed by atoms with Gasteiger partial charge < -0.3 is 9.42 Å². The van der Waals surface area contributed by atoms with Gasteiger partial charge in [-0.1, -0.05) is 35.5 Å². The number of halogens is 3. The Morgan fingerprint density at radius 2 is 1.83 bits per heavy atom. The lowest BCUT2D eigenvalue weighted by atomic mass is 9.96. The number of piperidine rings is 1. The van der Waals surface area contributed by atoms with E-state index in [9.17, 15) is 18.0 Å². The van der Waals surface area contributed by atoms with Gasteiger partial charge in [-0.2, -0.15) is 18.2 Å². The highest BCUT2D eigenvalue weighted by atomic mass is 19.4. The van der Waals surface area contributed by atoms with Gasteiger partial charge in [0, 0.05) is 24.6 Å². The Labute approximate surface area is 130 Å². The van der Waals surface area contributed by atoms with Crippen molar-refractivity contribution in [1.82, 2.24) is 15.0 Å². The van der Waals surface area contributed by atoms with Gasteiger partial charge in [-0.3, -0.25) is 4.79 Å². The number of hydrogen-bond donors (Lipinski definition) is 0. The number of carbonyl (C=O) groups is 1. The molecule has 0 atom stereocenters. The lowest BCUT2D eigenvalue weighted by Gasteiger charge is -2.30. The van der Waals surface area contributed by atoms with Crippen molar-refractivity contribution in [3.8, 4) is 11.4 Å². The van der Waals surface area contributed by atoms with E-state index in [0.29, 0.717) is 24.6 Å². The molecule has 1 aromatic carbocycles. The van der Waals surface area contributed by atoms with Crippen molar-refractivity contribution in [3.63, 3.8) is 0 Å². The molecular weight excluding hydrogens is 311 g/mol. The Kier molecular flexibility index (Phi) is 4.06. The summed E-state index contributed by atoms with van der Waals surface area (Å²) >= 11 is 0. The molecule has 1 fully saturated rings. The second kappa shape index (κ2) is 6.02. The van der Waals surface area contributed by atoms with Crippen LogP contribution in [0.2, 0.25) is 0 Å². The van der Waals surface area contributed by atoms with Crippen molar-refractivity contribution < 1.29 is 22.5 Å². The average Bonchev–Trinajstić information content (AvgIpc) is 3.04. The number of amides is 1. The zero-order valence-electron chi connectivity index (χ0n) is 12.1. The van der Waals surface area contributed by atoms with E-state index in [4.69, 9.17) is 4.52 Å². The third kappa shape index (κ3) is 3.35. The molecule has 0 unspecified atom stereocenters. The van der Waals surface area contributed by atoms with E-state index in [2.05, 4.69) is 10.1 Å². The summed E-state index contributed by atoms with van der Waals surface area (Å²) in [4.78, 5) is 16.3. The van der Waals surface area contributed by atoms with Crippen LogP contribution in [0, 0.1) is 0 Å². The van der Waals surface area contributed by atoms with E-state index in [1.165, 1.54) is 0 Å². The van der Waals surface area contributed by atoms with Gasteiger partial charge in [0.25, 0.3) is 0 Å². The summed E-state index contributed by atoms with van der Waals surface area (Å²) < 4.78 is 42.5. The van der Waals surface area contributed by atoms with Crippen molar-refractivity contribution in [3.05, 3.63) is 36.2 Å². The van der Waals surface area contributed by atoms with Crippen LogP contribution in [0.25, 0.3) is 11.4 Å². The summed E-state index contributed by atoms with van der Waals surface area (Å²) in [6, 6.07) is 9.27. The molecule has 0 aliphatic carbocycles. The molecule has 1 saturated heterocycles. The molecule has 1 aliphatic heterocycles. The van der Waals surface area contributed by atoms with E-state index in [-0.39, 0.29) is 19.0 Å². The number of nitrogens with zero attached hydrogens (tertiary/aromatic N) is 3. The standard InChI is InChI=1S/C15H14F3N3O2/c16-15(17,18)14(22)21-8-6-11(7-9-21)13-19-12(20-23-13)10-4-2-1-3-5-10/h1-5,11H,6-9H2. The monoisotopic (exact) mass is 325 g/mol. The predicted octanol–water partition coefficient (Wildman–Crippen LogP) is 3.00. The number of likely N-dealkylation sites (tertiary alicyclic amines) is 1. The van der Waals surface area contributed by atoms with Crippen LogP contribution in [0.5, 0.6) is 0 Å². The summed E-state index contributed by atoms with van der Waals surface area (Å²) in [6.07, 6.45) is -4.08. The molecule has 0 N–H and O–H groups in total. The Balaban J connectivity index is 1.65. The molecule has 1 amide bonds. The average molecular weight is 325 g/mol. The maximum absolute atomic E-state index is 12.4. The third-order valence-corrected chi connectivity index (χ3v) is 3.85. The van der Waals surface area contributed by atoms with Gasteiger partial charge in [0.15, 0.2) is 0 Å². The minimum absolute atomic E-state index is 0.0338. The summed E-state index contributed by atoms with van der Waals surface area (Å²) in [5, 5.41) is 3.91. The van der Waals surface area contributed by atoms with Crippen LogP contribution in [-0.2, 0) is 4.79 Å². The fraction of sp³-hybridized carbons (Fsp3) is 0.400. The molecule has 2 aromatic rings. The van der Waals surface area contributed by atoms with Crippen LogP contribution < -0.4 is 0 Å². The molecule has 0 bridgehead atoms. The highest BCUT2D eigenvalue weighted by Crippen LogP contribution is 2.30. The fourth-order valence-electron chi connectivity index (χ4n) is 2.61. The van der Waals surface area contributed by atoms with Crippen LogP contribution in [0.1, 0.15) is 24.7 Å². The van der Waals surface area contributed by atoms with E-state index in [1.807, 2.05) is 30.3 Å². The quantitative estimate of drug-likeness (QED) is 0.852. The number of rotatable bonds is 2. The maximum Gasteiger partial charge on any atom is 0.471 e. The molecular formula is C15H14F3N3O2. The minimum Gasteiger partial charge on any atom is -0.339 e. The Bertz CT molecular complexity index is 677. The van der Waals surface area contributed by atoms with Crippen LogP contribution in [0.3, 0.4) is 0 Å².